The van der Waals surface area contributed by atoms with Gasteiger partial charge >= 0.3 is 0 Å². The summed E-state index contributed by atoms with van der Waals surface area (Å²) in [5.41, 5.74) is 1.05. The molecule has 1 aliphatic rings. The fraction of sp³-hybridized carbons (Fsp3) is 0.800. The largest absolute Gasteiger partial charge is 0.378 e. The van der Waals surface area contributed by atoms with Crippen LogP contribution in [0.4, 0.5) is 0 Å². The molecule has 6 heteroatoms. The first-order valence-corrected chi connectivity index (χ1v) is 10.3. The van der Waals surface area contributed by atoms with Crippen LogP contribution in [0.1, 0.15) is 82.6 Å². The summed E-state index contributed by atoms with van der Waals surface area (Å²) < 4.78 is 11.4. The zero-order valence-corrected chi connectivity index (χ0v) is 16.7. The third-order valence-corrected chi connectivity index (χ3v) is 5.15. The lowest BCUT2D eigenvalue weighted by molar-refractivity contribution is 0.0277. The molecule has 1 aliphatic carbocycles. The molecule has 6 nitrogen and oxygen atoms in total. The number of aliphatic imine (C=N–C) groups is 1. The summed E-state index contributed by atoms with van der Waals surface area (Å²) in [6, 6.07) is 2.05. The topological polar surface area (TPSA) is 71.7 Å². The molecule has 148 valence electrons. The van der Waals surface area contributed by atoms with Gasteiger partial charge in [-0.05, 0) is 32.1 Å². The Hall–Kier alpha value is -1.56. The molecule has 0 unspecified atom stereocenters. The smallest absolute Gasteiger partial charge is 0.191 e. The van der Waals surface area contributed by atoms with Gasteiger partial charge in [0.2, 0.25) is 0 Å². The van der Waals surface area contributed by atoms with Gasteiger partial charge in [-0.2, -0.15) is 0 Å². The number of rotatable bonds is 10. The van der Waals surface area contributed by atoms with Crippen LogP contribution in [0.25, 0.3) is 0 Å². The van der Waals surface area contributed by atoms with Crippen LogP contribution in [0.15, 0.2) is 15.6 Å². The maximum atomic E-state index is 5.95. The minimum Gasteiger partial charge on any atom is -0.378 e. The zero-order valence-electron chi connectivity index (χ0n) is 16.7. The van der Waals surface area contributed by atoms with E-state index in [0.29, 0.717) is 18.6 Å². The first-order valence-electron chi connectivity index (χ1n) is 10.3. The molecule has 0 spiro atoms. The number of nitrogens with zero attached hydrogens (tertiary/aromatic N) is 2. The van der Waals surface area contributed by atoms with Gasteiger partial charge in [0, 0.05) is 32.2 Å². The zero-order chi connectivity index (χ0) is 18.6. The highest BCUT2D eigenvalue weighted by Crippen LogP contribution is 2.22. The minimum atomic E-state index is 0.481. The van der Waals surface area contributed by atoms with E-state index in [-0.39, 0.29) is 0 Å². The minimum absolute atomic E-state index is 0.481. The van der Waals surface area contributed by atoms with Crippen LogP contribution in [0.5, 0.6) is 0 Å². The van der Waals surface area contributed by atoms with Crippen molar-refractivity contribution < 1.29 is 9.26 Å². The number of ether oxygens (including phenoxy) is 1. The van der Waals surface area contributed by atoms with E-state index in [9.17, 15) is 0 Å². The molecule has 0 aromatic carbocycles. The monoisotopic (exact) mass is 364 g/mol. The summed E-state index contributed by atoms with van der Waals surface area (Å²) in [7, 11) is 1.78. The molecule has 1 saturated carbocycles. The van der Waals surface area contributed by atoms with Crippen molar-refractivity contribution in [1.82, 2.24) is 15.8 Å². The highest BCUT2D eigenvalue weighted by molar-refractivity contribution is 5.79. The van der Waals surface area contributed by atoms with Crippen molar-refractivity contribution in [3.8, 4) is 0 Å². The van der Waals surface area contributed by atoms with Crippen LogP contribution >= 0.6 is 0 Å². The van der Waals surface area contributed by atoms with E-state index < -0.39 is 0 Å². The van der Waals surface area contributed by atoms with Crippen molar-refractivity contribution in [2.24, 2.45) is 4.99 Å². The van der Waals surface area contributed by atoms with Crippen molar-refractivity contribution in [2.75, 3.05) is 20.2 Å². The van der Waals surface area contributed by atoms with Crippen LogP contribution < -0.4 is 10.6 Å². The summed E-state index contributed by atoms with van der Waals surface area (Å²) in [5.74, 6) is 2.10. The fourth-order valence-corrected chi connectivity index (χ4v) is 3.46. The van der Waals surface area contributed by atoms with Gasteiger partial charge in [0.1, 0.15) is 0 Å². The number of hydrogen-bond acceptors (Lipinski definition) is 4. The lowest BCUT2D eigenvalue weighted by Gasteiger charge is -2.22. The molecular formula is C20H36N4O2. The first kappa shape index (κ1) is 20.7. The SMILES string of the molecule is CCC(CC)c1cc(CNC(=NC)NCCCOC2CCCCC2)on1. The fourth-order valence-electron chi connectivity index (χ4n) is 3.46. The average molecular weight is 365 g/mol. The van der Waals surface area contributed by atoms with E-state index in [1.165, 1.54) is 32.1 Å². The van der Waals surface area contributed by atoms with Gasteiger partial charge in [0.25, 0.3) is 0 Å². The van der Waals surface area contributed by atoms with E-state index in [1.807, 2.05) is 0 Å². The lowest BCUT2D eigenvalue weighted by atomic mass is 9.98. The van der Waals surface area contributed by atoms with Crippen molar-refractivity contribution in [2.45, 2.75) is 83.8 Å². The molecule has 1 heterocycles. The van der Waals surface area contributed by atoms with Crippen LogP contribution in [-0.2, 0) is 11.3 Å². The van der Waals surface area contributed by atoms with E-state index in [1.54, 1.807) is 7.05 Å². The molecule has 0 atom stereocenters. The number of nitrogens with one attached hydrogen (secondary N) is 2. The van der Waals surface area contributed by atoms with Crippen LogP contribution in [0.2, 0.25) is 0 Å². The molecule has 2 rings (SSSR count). The van der Waals surface area contributed by atoms with Crippen molar-refractivity contribution in [1.29, 1.82) is 0 Å². The van der Waals surface area contributed by atoms with Crippen molar-refractivity contribution >= 4 is 5.96 Å². The van der Waals surface area contributed by atoms with Gasteiger partial charge in [0.15, 0.2) is 11.7 Å². The van der Waals surface area contributed by atoms with Gasteiger partial charge in [-0.3, -0.25) is 4.99 Å². The van der Waals surface area contributed by atoms with Crippen molar-refractivity contribution in [3.05, 3.63) is 17.5 Å². The first-order chi connectivity index (χ1) is 12.8. The molecular weight excluding hydrogens is 328 g/mol. The molecule has 0 amide bonds. The second-order valence-corrected chi connectivity index (χ2v) is 7.07. The number of aromatic nitrogens is 1. The lowest BCUT2D eigenvalue weighted by Crippen LogP contribution is -2.37. The molecule has 0 radical (unpaired) electrons. The maximum Gasteiger partial charge on any atom is 0.191 e. The quantitative estimate of drug-likeness (QED) is 0.373. The molecule has 26 heavy (non-hydrogen) atoms. The Kier molecular flexibility index (Phi) is 9.53. The summed E-state index contributed by atoms with van der Waals surface area (Å²) in [6.45, 7) is 6.62. The molecule has 0 saturated heterocycles. The molecule has 1 fully saturated rings. The Bertz CT molecular complexity index is 520. The Morgan fingerprint density at radius 1 is 1.27 bits per heavy atom. The third kappa shape index (κ3) is 6.98. The molecule has 1 aromatic heterocycles. The van der Waals surface area contributed by atoms with Crippen molar-refractivity contribution in [3.63, 3.8) is 0 Å². The predicted octanol–water partition coefficient (Wildman–Crippen LogP) is 3.98. The summed E-state index contributed by atoms with van der Waals surface area (Å²) in [4.78, 5) is 4.26. The van der Waals surface area contributed by atoms with Gasteiger partial charge in [0.05, 0.1) is 18.3 Å². The summed E-state index contributed by atoms with van der Waals surface area (Å²) in [6.07, 6.45) is 10.1. The number of hydrogen-bond donors (Lipinski definition) is 2. The van der Waals surface area contributed by atoms with Crippen LogP contribution in [-0.4, -0.2) is 37.4 Å². The Morgan fingerprint density at radius 3 is 2.73 bits per heavy atom. The third-order valence-electron chi connectivity index (χ3n) is 5.15. The number of guanidine groups is 1. The second kappa shape index (κ2) is 11.9. The summed E-state index contributed by atoms with van der Waals surface area (Å²) in [5, 5.41) is 10.8. The summed E-state index contributed by atoms with van der Waals surface area (Å²) >= 11 is 0. The van der Waals surface area contributed by atoms with Crippen LogP contribution in [0, 0.1) is 0 Å². The Labute approximate surface area is 158 Å². The molecule has 0 bridgehead atoms. The molecule has 2 N–H and O–H groups in total. The van der Waals surface area contributed by atoms with Crippen LogP contribution in [0.3, 0.4) is 0 Å². The van der Waals surface area contributed by atoms with Gasteiger partial charge in [-0.15, -0.1) is 0 Å². The normalized spacial score (nSPS) is 16.2. The standard InChI is InChI=1S/C20H36N4O2/c1-4-16(5-2)19-14-18(26-24-19)15-23-20(21-3)22-12-9-13-25-17-10-7-6-8-11-17/h14,16-17H,4-13,15H2,1-3H3,(H2,21,22,23). The maximum absolute atomic E-state index is 5.95. The highest BCUT2D eigenvalue weighted by Gasteiger charge is 2.14. The Morgan fingerprint density at radius 2 is 2.04 bits per heavy atom. The van der Waals surface area contributed by atoms with E-state index >= 15 is 0 Å². The van der Waals surface area contributed by atoms with Gasteiger partial charge < -0.3 is 19.9 Å². The highest BCUT2D eigenvalue weighted by atomic mass is 16.5. The second-order valence-electron chi connectivity index (χ2n) is 7.07. The predicted molar refractivity (Wildman–Crippen MR) is 105 cm³/mol. The van der Waals surface area contributed by atoms with Gasteiger partial charge in [-0.1, -0.05) is 38.3 Å². The van der Waals surface area contributed by atoms with E-state index in [0.717, 1.165) is 49.8 Å². The molecule has 0 aliphatic heterocycles. The molecule has 1 aromatic rings. The van der Waals surface area contributed by atoms with E-state index in [2.05, 4.69) is 40.7 Å². The van der Waals surface area contributed by atoms with Gasteiger partial charge in [-0.25, -0.2) is 0 Å². The van der Waals surface area contributed by atoms with E-state index in [4.69, 9.17) is 9.26 Å². The average Bonchev–Trinajstić information content (AvgIpc) is 3.14. The Balaban J connectivity index is 1.61.